The number of rotatable bonds is 19. The van der Waals surface area contributed by atoms with Crippen LogP contribution in [0.1, 0.15) is 130 Å². The predicted octanol–water partition coefficient (Wildman–Crippen LogP) is 8.12. The molecular weight excluding hydrogens is 318 g/mol. The van der Waals surface area contributed by atoms with E-state index in [2.05, 4.69) is 27.7 Å². The molecular formula is C24H49NO. The van der Waals surface area contributed by atoms with Gasteiger partial charge in [0, 0.05) is 11.8 Å². The van der Waals surface area contributed by atoms with Gasteiger partial charge in [0.1, 0.15) is 0 Å². The van der Waals surface area contributed by atoms with Crippen molar-refractivity contribution in [3.8, 4) is 0 Å². The maximum atomic E-state index is 12.1. The van der Waals surface area contributed by atoms with Gasteiger partial charge in [-0.3, -0.25) is 0 Å². The lowest BCUT2D eigenvalue weighted by molar-refractivity contribution is -0.463. The lowest BCUT2D eigenvalue weighted by Crippen LogP contribution is -2.17. The van der Waals surface area contributed by atoms with E-state index in [0.717, 1.165) is 0 Å². The average molecular weight is 368 g/mol. The van der Waals surface area contributed by atoms with Gasteiger partial charge in [0.15, 0.2) is 12.8 Å². The lowest BCUT2D eigenvalue weighted by Gasteiger charge is -2.13. The van der Waals surface area contributed by atoms with Crippen LogP contribution in [0, 0.1) is 17.0 Å². The summed E-state index contributed by atoms with van der Waals surface area (Å²) in [4.78, 5) is 0. The van der Waals surface area contributed by atoms with Crippen molar-refractivity contribution >= 4 is 6.21 Å². The van der Waals surface area contributed by atoms with Gasteiger partial charge in [-0.05, 0) is 12.8 Å². The monoisotopic (exact) mass is 367 g/mol. The van der Waals surface area contributed by atoms with E-state index in [4.69, 9.17) is 0 Å². The third-order valence-electron chi connectivity index (χ3n) is 5.48. The van der Waals surface area contributed by atoms with Gasteiger partial charge in [0.2, 0.25) is 0 Å². The van der Waals surface area contributed by atoms with Crippen LogP contribution in [0.15, 0.2) is 0 Å². The van der Waals surface area contributed by atoms with Gasteiger partial charge in [-0.25, -0.2) is 4.74 Å². The molecule has 156 valence electrons. The first-order valence-electron chi connectivity index (χ1n) is 11.9. The van der Waals surface area contributed by atoms with Crippen LogP contribution in [0.5, 0.6) is 0 Å². The summed E-state index contributed by atoms with van der Waals surface area (Å²) in [7, 11) is 0. The van der Waals surface area contributed by atoms with Crippen LogP contribution in [0.4, 0.5) is 0 Å². The standard InChI is InChI=1S/C24H49NO/c1-5-7-9-11-13-15-17-19-23(3)21-25(26)22-24(4)20-18-16-14-12-10-8-6-2/h21,23-24H,5-20,22H2,1-4H3. The summed E-state index contributed by atoms with van der Waals surface area (Å²) in [6.45, 7) is 9.64. The summed E-state index contributed by atoms with van der Waals surface area (Å²) < 4.78 is 1.22. The Hall–Kier alpha value is -0.530. The molecule has 0 aromatic heterocycles. The second kappa shape index (κ2) is 19.2. The Bertz CT molecular complexity index is 313. The molecule has 0 N–H and O–H groups in total. The minimum atomic E-state index is 0.425. The number of nitrogens with zero attached hydrogens (tertiary/aromatic N) is 1. The van der Waals surface area contributed by atoms with Gasteiger partial charge in [-0.1, -0.05) is 118 Å². The van der Waals surface area contributed by atoms with Crippen LogP contribution in [0.3, 0.4) is 0 Å². The van der Waals surface area contributed by atoms with Crippen LogP contribution in [-0.2, 0) is 0 Å². The Labute approximate surface area is 165 Å². The highest BCUT2D eigenvalue weighted by Crippen LogP contribution is 2.14. The Morgan fingerprint density at radius 1 is 0.654 bits per heavy atom. The molecule has 2 nitrogen and oxygen atoms in total. The highest BCUT2D eigenvalue weighted by molar-refractivity contribution is 5.54. The molecule has 26 heavy (non-hydrogen) atoms. The molecule has 0 aromatic carbocycles. The normalized spacial score (nSPS) is 14.5. The first-order chi connectivity index (χ1) is 12.6. The van der Waals surface area contributed by atoms with Crippen molar-refractivity contribution in [2.45, 2.75) is 130 Å². The smallest absolute Gasteiger partial charge is 0.155 e. The fourth-order valence-electron chi connectivity index (χ4n) is 3.69. The van der Waals surface area contributed by atoms with E-state index in [9.17, 15) is 5.21 Å². The largest absolute Gasteiger partial charge is 0.624 e. The molecule has 0 saturated carbocycles. The third kappa shape index (κ3) is 18.3. The van der Waals surface area contributed by atoms with Crippen molar-refractivity contribution in [1.82, 2.24) is 0 Å². The van der Waals surface area contributed by atoms with E-state index in [0.29, 0.717) is 18.4 Å². The molecule has 0 bridgehead atoms. The second-order valence-corrected chi connectivity index (χ2v) is 8.65. The third-order valence-corrected chi connectivity index (χ3v) is 5.48. The summed E-state index contributed by atoms with van der Waals surface area (Å²) in [6.07, 6.45) is 23.2. The molecule has 0 heterocycles. The molecule has 2 heteroatoms. The van der Waals surface area contributed by atoms with Crippen LogP contribution in [-0.4, -0.2) is 17.5 Å². The predicted molar refractivity (Wildman–Crippen MR) is 118 cm³/mol. The van der Waals surface area contributed by atoms with Gasteiger partial charge in [0.05, 0.1) is 0 Å². The SMILES string of the molecule is CCCCCCCCCC(C)C=[N+]([O-])CC(C)CCCCCCCCC. The van der Waals surface area contributed by atoms with Gasteiger partial charge >= 0.3 is 0 Å². The van der Waals surface area contributed by atoms with Gasteiger partial charge < -0.3 is 5.21 Å². The van der Waals surface area contributed by atoms with E-state index in [1.165, 1.54) is 107 Å². The molecule has 0 amide bonds. The van der Waals surface area contributed by atoms with Crippen molar-refractivity contribution in [3.63, 3.8) is 0 Å². The van der Waals surface area contributed by atoms with E-state index in [1.54, 1.807) is 0 Å². The van der Waals surface area contributed by atoms with E-state index in [1.807, 2.05) is 6.21 Å². The maximum absolute atomic E-state index is 12.1. The minimum absolute atomic E-state index is 0.425. The van der Waals surface area contributed by atoms with Gasteiger partial charge in [-0.2, -0.15) is 0 Å². The zero-order valence-corrected chi connectivity index (χ0v) is 18.6. The molecule has 2 unspecified atom stereocenters. The molecule has 2 atom stereocenters. The molecule has 0 spiro atoms. The fourth-order valence-corrected chi connectivity index (χ4v) is 3.69. The Balaban J connectivity index is 3.63. The number of hydrogen-bond donors (Lipinski definition) is 0. The van der Waals surface area contributed by atoms with E-state index in [-0.39, 0.29) is 0 Å². The number of hydroxylamine groups is 1. The topological polar surface area (TPSA) is 26.1 Å². The summed E-state index contributed by atoms with van der Waals surface area (Å²) in [6, 6.07) is 0. The van der Waals surface area contributed by atoms with E-state index >= 15 is 0 Å². The minimum Gasteiger partial charge on any atom is -0.624 e. The van der Waals surface area contributed by atoms with Crippen LogP contribution < -0.4 is 0 Å². The van der Waals surface area contributed by atoms with Gasteiger partial charge in [0.25, 0.3) is 0 Å². The summed E-state index contributed by atoms with van der Waals surface area (Å²) in [5.41, 5.74) is 0. The second-order valence-electron chi connectivity index (χ2n) is 8.65. The first-order valence-corrected chi connectivity index (χ1v) is 11.9. The molecule has 0 saturated heterocycles. The van der Waals surface area contributed by atoms with Gasteiger partial charge in [-0.15, -0.1) is 0 Å². The highest BCUT2D eigenvalue weighted by atomic mass is 16.5. The molecule has 0 rings (SSSR count). The van der Waals surface area contributed by atoms with Crippen molar-refractivity contribution in [3.05, 3.63) is 5.21 Å². The van der Waals surface area contributed by atoms with E-state index < -0.39 is 0 Å². The van der Waals surface area contributed by atoms with Crippen molar-refractivity contribution in [2.24, 2.45) is 11.8 Å². The zero-order valence-electron chi connectivity index (χ0n) is 18.6. The van der Waals surface area contributed by atoms with Crippen molar-refractivity contribution < 1.29 is 4.74 Å². The Kier molecular flexibility index (Phi) is 18.8. The van der Waals surface area contributed by atoms with Crippen LogP contribution in [0.2, 0.25) is 0 Å². The summed E-state index contributed by atoms with van der Waals surface area (Å²) in [5, 5.41) is 12.1. The van der Waals surface area contributed by atoms with Crippen LogP contribution in [0.25, 0.3) is 0 Å². The van der Waals surface area contributed by atoms with Crippen molar-refractivity contribution in [2.75, 3.05) is 6.54 Å². The molecule has 0 aromatic rings. The molecule has 0 aliphatic heterocycles. The summed E-state index contributed by atoms with van der Waals surface area (Å²) in [5.74, 6) is 0.944. The molecule has 0 aliphatic rings. The Morgan fingerprint density at radius 3 is 1.58 bits per heavy atom. The fraction of sp³-hybridized carbons (Fsp3) is 0.958. The average Bonchev–Trinajstić information content (AvgIpc) is 2.60. The van der Waals surface area contributed by atoms with Crippen LogP contribution >= 0.6 is 0 Å². The Morgan fingerprint density at radius 2 is 1.08 bits per heavy atom. The van der Waals surface area contributed by atoms with Crippen molar-refractivity contribution in [1.29, 1.82) is 0 Å². The molecule has 0 aliphatic carbocycles. The zero-order chi connectivity index (χ0) is 19.5. The maximum Gasteiger partial charge on any atom is 0.155 e. The number of hydrogen-bond acceptors (Lipinski definition) is 1. The lowest BCUT2D eigenvalue weighted by atomic mass is 10.0. The summed E-state index contributed by atoms with van der Waals surface area (Å²) >= 11 is 0. The highest BCUT2D eigenvalue weighted by Gasteiger charge is 2.09. The first kappa shape index (κ1) is 25.5. The molecule has 0 radical (unpaired) electrons. The number of unbranched alkanes of at least 4 members (excludes halogenated alkanes) is 12. The quantitative estimate of drug-likeness (QED) is 0.0744. The molecule has 0 fully saturated rings.